The molecule has 4 rings (SSSR count). The molecule has 0 aliphatic carbocycles. The molecule has 31 heavy (non-hydrogen) atoms. The third-order valence-corrected chi connectivity index (χ3v) is 7.02. The third kappa shape index (κ3) is 4.61. The van der Waals surface area contributed by atoms with Crippen LogP contribution in [0.2, 0.25) is 0 Å². The second-order valence-electron chi connectivity index (χ2n) is 7.16. The second kappa shape index (κ2) is 8.89. The van der Waals surface area contributed by atoms with Gasteiger partial charge in [-0.3, -0.25) is 15.6 Å². The number of benzene rings is 3. The average Bonchev–Trinajstić information content (AvgIpc) is 2.82. The zero-order chi connectivity index (χ0) is 21.8. The number of hydrogen-bond donors (Lipinski definition) is 2. The lowest BCUT2D eigenvalue weighted by atomic mass is 10.1. The molecule has 3 aromatic rings. The van der Waals surface area contributed by atoms with Crippen LogP contribution in [0.4, 0.5) is 0 Å². The van der Waals surface area contributed by atoms with Crippen molar-refractivity contribution in [3.63, 3.8) is 0 Å². The molecule has 7 nitrogen and oxygen atoms in total. The van der Waals surface area contributed by atoms with Gasteiger partial charge in [0.25, 0.3) is 5.91 Å². The van der Waals surface area contributed by atoms with Crippen molar-refractivity contribution in [3.8, 4) is 0 Å². The van der Waals surface area contributed by atoms with Crippen molar-refractivity contribution in [1.82, 2.24) is 15.2 Å². The van der Waals surface area contributed by atoms with Crippen molar-refractivity contribution in [2.75, 3.05) is 26.3 Å². The summed E-state index contributed by atoms with van der Waals surface area (Å²) in [5.74, 6) is -0.457. The number of morpholine rings is 1. The fourth-order valence-electron chi connectivity index (χ4n) is 3.39. The van der Waals surface area contributed by atoms with E-state index < -0.39 is 15.9 Å². The lowest BCUT2D eigenvalue weighted by Crippen LogP contribution is -2.40. The summed E-state index contributed by atoms with van der Waals surface area (Å²) >= 11 is 0. The van der Waals surface area contributed by atoms with E-state index in [-0.39, 0.29) is 10.5 Å². The molecule has 0 bridgehead atoms. The number of hydrogen-bond acceptors (Lipinski definition) is 5. The molecule has 0 unspecified atom stereocenters. The third-order valence-electron chi connectivity index (χ3n) is 5.13. The Morgan fingerprint density at radius 2 is 1.61 bits per heavy atom. The smallest absolute Gasteiger partial charge is 0.269 e. The second-order valence-corrected chi connectivity index (χ2v) is 9.10. The Bertz CT molecular complexity index is 1230. The number of nitrogens with one attached hydrogen (secondary N) is 2. The Labute approximate surface area is 181 Å². The molecule has 1 fully saturated rings. The zero-order valence-corrected chi connectivity index (χ0v) is 17.7. The van der Waals surface area contributed by atoms with E-state index in [0.29, 0.717) is 32.0 Å². The van der Waals surface area contributed by atoms with Crippen molar-refractivity contribution in [3.05, 3.63) is 84.4 Å². The Hall–Kier alpha value is -3.20. The maximum Gasteiger partial charge on any atom is 0.269 e. The standard InChI is InChI=1S/C23H23N3O4S/c1-17(19-10-9-18-5-2-3-6-20(18)15-19)24-25-23(27)21-7-4-8-22(16-21)31(28,29)26-11-13-30-14-12-26/h2-10,15-16,24H,1,11-14H2,(H,25,27). The van der Waals surface area contributed by atoms with E-state index in [0.717, 1.165) is 16.3 Å². The van der Waals surface area contributed by atoms with Crippen LogP contribution in [0.3, 0.4) is 0 Å². The molecule has 0 spiro atoms. The summed E-state index contributed by atoms with van der Waals surface area (Å²) in [7, 11) is -3.68. The number of fused-ring (bicyclic) bond motifs is 1. The predicted molar refractivity (Wildman–Crippen MR) is 120 cm³/mol. The van der Waals surface area contributed by atoms with Gasteiger partial charge in [-0.1, -0.05) is 49.0 Å². The highest BCUT2D eigenvalue weighted by Crippen LogP contribution is 2.20. The highest BCUT2D eigenvalue weighted by Gasteiger charge is 2.26. The number of hydrazine groups is 1. The van der Waals surface area contributed by atoms with Crippen LogP contribution in [-0.2, 0) is 14.8 Å². The van der Waals surface area contributed by atoms with Gasteiger partial charge in [0.05, 0.1) is 23.8 Å². The van der Waals surface area contributed by atoms with Gasteiger partial charge in [-0.2, -0.15) is 4.31 Å². The molecule has 0 atom stereocenters. The molecule has 1 aliphatic heterocycles. The maximum atomic E-state index is 12.8. The molecule has 160 valence electrons. The van der Waals surface area contributed by atoms with E-state index in [1.807, 2.05) is 42.5 Å². The highest BCUT2D eigenvalue weighted by molar-refractivity contribution is 7.89. The number of sulfonamides is 1. The van der Waals surface area contributed by atoms with E-state index in [1.54, 1.807) is 12.1 Å². The normalized spacial score (nSPS) is 14.8. The summed E-state index contributed by atoms with van der Waals surface area (Å²) in [6.45, 7) is 5.29. The monoisotopic (exact) mass is 437 g/mol. The minimum absolute atomic E-state index is 0.0791. The number of ether oxygens (including phenoxy) is 1. The van der Waals surface area contributed by atoms with Crippen molar-refractivity contribution < 1.29 is 17.9 Å². The molecule has 0 saturated carbocycles. The van der Waals surface area contributed by atoms with Crippen LogP contribution in [0, 0.1) is 0 Å². The number of carbonyl (C=O) groups excluding carboxylic acids is 1. The number of rotatable bonds is 6. The summed E-state index contributed by atoms with van der Waals surface area (Å²) in [5.41, 5.74) is 6.99. The van der Waals surface area contributed by atoms with Crippen molar-refractivity contribution in [1.29, 1.82) is 0 Å². The van der Waals surface area contributed by atoms with Gasteiger partial charge in [0, 0.05) is 18.7 Å². The molecule has 8 heteroatoms. The number of amides is 1. The first-order valence-corrected chi connectivity index (χ1v) is 11.3. The van der Waals surface area contributed by atoms with E-state index in [1.165, 1.54) is 16.4 Å². The molecular weight excluding hydrogens is 414 g/mol. The van der Waals surface area contributed by atoms with Crippen LogP contribution in [0.15, 0.2) is 78.2 Å². The Morgan fingerprint density at radius 1 is 0.871 bits per heavy atom. The zero-order valence-electron chi connectivity index (χ0n) is 16.9. The van der Waals surface area contributed by atoms with Crippen molar-refractivity contribution >= 4 is 32.4 Å². The first-order chi connectivity index (χ1) is 14.9. The highest BCUT2D eigenvalue weighted by atomic mass is 32.2. The summed E-state index contributed by atoms with van der Waals surface area (Å²) in [5, 5.41) is 2.18. The Balaban J connectivity index is 1.44. The summed E-state index contributed by atoms with van der Waals surface area (Å²) in [4.78, 5) is 12.7. The first kappa shape index (κ1) is 21.0. The van der Waals surface area contributed by atoms with E-state index in [4.69, 9.17) is 4.74 Å². The van der Waals surface area contributed by atoms with Gasteiger partial charge < -0.3 is 4.74 Å². The van der Waals surface area contributed by atoms with Gasteiger partial charge in [-0.05, 0) is 40.6 Å². The van der Waals surface area contributed by atoms with Gasteiger partial charge in [0.1, 0.15) is 0 Å². The molecule has 3 aromatic carbocycles. The maximum absolute atomic E-state index is 12.8. The molecule has 2 N–H and O–H groups in total. The van der Waals surface area contributed by atoms with E-state index >= 15 is 0 Å². The first-order valence-electron chi connectivity index (χ1n) is 9.87. The summed E-state index contributed by atoms with van der Waals surface area (Å²) < 4.78 is 32.2. The van der Waals surface area contributed by atoms with Crippen LogP contribution in [0.25, 0.3) is 16.5 Å². The Morgan fingerprint density at radius 3 is 2.39 bits per heavy atom. The molecule has 1 aliphatic rings. The minimum Gasteiger partial charge on any atom is -0.379 e. The molecule has 0 aromatic heterocycles. The SMILES string of the molecule is C=C(NNC(=O)c1cccc(S(=O)(=O)N2CCOCC2)c1)c1ccc2ccccc2c1. The topological polar surface area (TPSA) is 87.7 Å². The van der Waals surface area contributed by atoms with Gasteiger partial charge in [0.15, 0.2) is 0 Å². The Kier molecular flexibility index (Phi) is 6.03. The van der Waals surface area contributed by atoms with Crippen LogP contribution < -0.4 is 10.9 Å². The van der Waals surface area contributed by atoms with Gasteiger partial charge >= 0.3 is 0 Å². The molecule has 1 saturated heterocycles. The van der Waals surface area contributed by atoms with Gasteiger partial charge in [-0.15, -0.1) is 0 Å². The van der Waals surface area contributed by atoms with Crippen LogP contribution in [-0.4, -0.2) is 44.9 Å². The summed E-state index contributed by atoms with van der Waals surface area (Å²) in [6.07, 6.45) is 0. The van der Waals surface area contributed by atoms with E-state index in [2.05, 4.69) is 17.4 Å². The quantitative estimate of drug-likeness (QED) is 0.579. The average molecular weight is 438 g/mol. The van der Waals surface area contributed by atoms with Crippen LogP contribution in [0.1, 0.15) is 15.9 Å². The van der Waals surface area contributed by atoms with Crippen LogP contribution in [0.5, 0.6) is 0 Å². The van der Waals surface area contributed by atoms with Crippen molar-refractivity contribution in [2.45, 2.75) is 4.90 Å². The number of nitrogens with zero attached hydrogens (tertiary/aromatic N) is 1. The lowest BCUT2D eigenvalue weighted by molar-refractivity contribution is 0.0730. The largest absolute Gasteiger partial charge is 0.379 e. The molecular formula is C23H23N3O4S. The lowest BCUT2D eigenvalue weighted by Gasteiger charge is -2.26. The fourth-order valence-corrected chi connectivity index (χ4v) is 4.84. The van der Waals surface area contributed by atoms with Gasteiger partial charge in [-0.25, -0.2) is 8.42 Å². The predicted octanol–water partition coefficient (Wildman–Crippen LogP) is 2.77. The van der Waals surface area contributed by atoms with Crippen molar-refractivity contribution in [2.24, 2.45) is 0 Å². The van der Waals surface area contributed by atoms with E-state index in [9.17, 15) is 13.2 Å². The molecule has 0 radical (unpaired) electrons. The molecule has 1 heterocycles. The number of carbonyl (C=O) groups is 1. The fraction of sp³-hybridized carbons (Fsp3) is 0.174. The van der Waals surface area contributed by atoms with Crippen LogP contribution >= 0.6 is 0 Å². The minimum atomic E-state index is -3.68. The van der Waals surface area contributed by atoms with Gasteiger partial charge in [0.2, 0.25) is 10.0 Å². The summed E-state index contributed by atoms with van der Waals surface area (Å²) in [6, 6.07) is 19.8. The molecule has 1 amide bonds.